The van der Waals surface area contributed by atoms with Crippen molar-refractivity contribution in [3.05, 3.63) is 53.4 Å². The Morgan fingerprint density at radius 1 is 1.28 bits per heavy atom. The number of nitrogens with zero attached hydrogens (tertiary/aromatic N) is 1. The van der Waals surface area contributed by atoms with E-state index in [-0.39, 0.29) is 6.04 Å². The zero-order valence-electron chi connectivity index (χ0n) is 18.4. The number of aromatic nitrogens is 1. The zero-order valence-corrected chi connectivity index (χ0v) is 18.4. The summed E-state index contributed by atoms with van der Waals surface area (Å²) >= 11 is 0. The van der Waals surface area contributed by atoms with Gasteiger partial charge in [-0.1, -0.05) is 39.8 Å². The van der Waals surface area contributed by atoms with E-state index < -0.39 is 0 Å². The third-order valence-electron chi connectivity index (χ3n) is 5.17. The molecule has 5 heteroatoms. The molecule has 0 spiro atoms. The molecular formula is C24H35N3O2. The summed E-state index contributed by atoms with van der Waals surface area (Å²) in [6.45, 7) is 9.75. The van der Waals surface area contributed by atoms with Crippen molar-refractivity contribution < 1.29 is 9.53 Å². The smallest absolute Gasteiger partial charge is 0.207 e. The first-order valence-electron chi connectivity index (χ1n) is 10.8. The molecule has 1 amide bonds. The summed E-state index contributed by atoms with van der Waals surface area (Å²) in [6.07, 6.45) is 10.1. The van der Waals surface area contributed by atoms with Crippen LogP contribution in [0.5, 0.6) is 5.75 Å². The number of nitrogens with one attached hydrogen (secondary N) is 2. The van der Waals surface area contributed by atoms with Crippen LogP contribution in [0.4, 0.5) is 0 Å². The summed E-state index contributed by atoms with van der Waals surface area (Å²) in [7, 11) is 1.70. The highest BCUT2D eigenvalue weighted by Crippen LogP contribution is 2.35. The number of allylic oxidation sites excluding steroid dienone is 2. The van der Waals surface area contributed by atoms with E-state index in [9.17, 15) is 4.79 Å². The molecule has 29 heavy (non-hydrogen) atoms. The Labute approximate surface area is 174 Å². The Morgan fingerprint density at radius 2 is 2.07 bits per heavy atom. The van der Waals surface area contributed by atoms with Gasteiger partial charge in [0, 0.05) is 41.9 Å². The molecule has 0 fully saturated rings. The van der Waals surface area contributed by atoms with Crippen LogP contribution < -0.4 is 15.4 Å². The number of fused-ring (bicyclic) bond motifs is 3. The minimum absolute atomic E-state index is 0.214. The number of amides is 1. The number of ether oxygens (including phenoxy) is 1. The van der Waals surface area contributed by atoms with Crippen LogP contribution in [0.15, 0.2) is 42.1 Å². The van der Waals surface area contributed by atoms with E-state index in [4.69, 9.17) is 4.74 Å². The van der Waals surface area contributed by atoms with E-state index >= 15 is 0 Å². The summed E-state index contributed by atoms with van der Waals surface area (Å²) in [5.74, 6) is 0.872. The Hall–Kier alpha value is -2.69. The number of carbonyl (C=O) groups excluding carboxylic acids is 1. The first kappa shape index (κ1) is 22.6. The summed E-state index contributed by atoms with van der Waals surface area (Å²) in [6, 6.07) is 6.51. The zero-order chi connectivity index (χ0) is 21.2. The van der Waals surface area contributed by atoms with Crippen molar-refractivity contribution in [2.45, 2.75) is 59.5 Å². The van der Waals surface area contributed by atoms with Crippen LogP contribution >= 0.6 is 0 Å². The van der Waals surface area contributed by atoms with Crippen molar-refractivity contribution in [2.24, 2.45) is 0 Å². The molecular weight excluding hydrogens is 362 g/mol. The third kappa shape index (κ3) is 5.03. The number of carbonyl (C=O) groups is 1. The monoisotopic (exact) mass is 397 g/mol. The molecule has 0 saturated heterocycles. The van der Waals surface area contributed by atoms with Crippen LogP contribution in [0.25, 0.3) is 10.9 Å². The molecule has 4 rings (SSSR count). The maximum atomic E-state index is 10.9. The standard InChI is InChI=1S/C20H23N3O2.2C2H6/c1-25-16-5-7-20-18(10-16)17-9-15(22-13-24)4-6-19(17)23(20)12-14-3-2-8-21-11-14;2*1-2/h2-3,5,7,10-11,13,15,21H,4,6,8-9,12H2,1H3,(H,22,24);2*1-2H3. The summed E-state index contributed by atoms with van der Waals surface area (Å²) in [5, 5.41) is 7.48. The van der Waals surface area contributed by atoms with Gasteiger partial charge in [0.25, 0.3) is 0 Å². The van der Waals surface area contributed by atoms with Gasteiger partial charge in [0.2, 0.25) is 6.41 Å². The molecule has 1 aromatic carbocycles. The maximum absolute atomic E-state index is 10.9. The Kier molecular flexibility index (Phi) is 8.84. The predicted molar refractivity (Wildman–Crippen MR) is 121 cm³/mol. The molecule has 2 aromatic rings. The van der Waals surface area contributed by atoms with Gasteiger partial charge in [0.15, 0.2) is 0 Å². The lowest BCUT2D eigenvalue weighted by Crippen LogP contribution is -2.33. The van der Waals surface area contributed by atoms with Gasteiger partial charge in [0.05, 0.1) is 7.11 Å². The van der Waals surface area contributed by atoms with Crippen LogP contribution in [-0.2, 0) is 24.2 Å². The van der Waals surface area contributed by atoms with E-state index in [2.05, 4.69) is 45.7 Å². The Morgan fingerprint density at radius 3 is 2.72 bits per heavy atom. The summed E-state index contributed by atoms with van der Waals surface area (Å²) < 4.78 is 7.85. The van der Waals surface area contributed by atoms with Gasteiger partial charge in [-0.2, -0.15) is 0 Å². The number of methoxy groups -OCH3 is 1. The first-order chi connectivity index (χ1) is 14.3. The maximum Gasteiger partial charge on any atom is 0.207 e. The van der Waals surface area contributed by atoms with E-state index in [0.29, 0.717) is 0 Å². The highest BCUT2D eigenvalue weighted by molar-refractivity contribution is 5.87. The molecule has 0 bridgehead atoms. The van der Waals surface area contributed by atoms with Crippen molar-refractivity contribution in [2.75, 3.05) is 13.7 Å². The topological polar surface area (TPSA) is 55.3 Å². The van der Waals surface area contributed by atoms with Gasteiger partial charge in [0.1, 0.15) is 5.75 Å². The normalized spacial score (nSPS) is 16.9. The molecule has 2 aliphatic rings. The molecule has 158 valence electrons. The molecule has 1 atom stereocenters. The number of hydrogen-bond acceptors (Lipinski definition) is 3. The quantitative estimate of drug-likeness (QED) is 0.738. The number of benzene rings is 1. The SMILES string of the molecule is CC.CC.COc1ccc2c(c1)c1c(n2CC2=CNCC=C2)CCC(NC=O)C1. The molecule has 2 N–H and O–H groups in total. The predicted octanol–water partition coefficient (Wildman–Crippen LogP) is 4.35. The lowest BCUT2D eigenvalue weighted by Gasteiger charge is -2.24. The molecule has 0 saturated carbocycles. The second kappa shape index (κ2) is 11.3. The number of rotatable bonds is 5. The summed E-state index contributed by atoms with van der Waals surface area (Å²) in [5.41, 5.74) is 5.23. The van der Waals surface area contributed by atoms with E-state index in [1.807, 2.05) is 33.8 Å². The molecule has 5 nitrogen and oxygen atoms in total. The summed E-state index contributed by atoms with van der Waals surface area (Å²) in [4.78, 5) is 10.9. The van der Waals surface area contributed by atoms with Gasteiger partial charge >= 0.3 is 0 Å². The fourth-order valence-corrected chi connectivity index (χ4v) is 3.97. The van der Waals surface area contributed by atoms with Crippen molar-refractivity contribution in [1.82, 2.24) is 15.2 Å². The van der Waals surface area contributed by atoms with Crippen LogP contribution in [0, 0.1) is 0 Å². The lowest BCUT2D eigenvalue weighted by molar-refractivity contribution is -0.110. The molecule has 1 unspecified atom stereocenters. The lowest BCUT2D eigenvalue weighted by atomic mass is 9.91. The highest BCUT2D eigenvalue weighted by Gasteiger charge is 2.25. The largest absolute Gasteiger partial charge is 0.497 e. The second-order valence-corrected chi connectivity index (χ2v) is 6.65. The molecule has 1 aliphatic carbocycles. The van der Waals surface area contributed by atoms with Crippen LogP contribution in [-0.4, -0.2) is 30.7 Å². The molecule has 1 aromatic heterocycles. The number of dihydropyridines is 1. The minimum atomic E-state index is 0.214. The van der Waals surface area contributed by atoms with Crippen molar-refractivity contribution >= 4 is 17.3 Å². The highest BCUT2D eigenvalue weighted by atomic mass is 16.5. The second-order valence-electron chi connectivity index (χ2n) is 6.65. The fraction of sp³-hybridized carbons (Fsp3) is 0.458. The third-order valence-corrected chi connectivity index (χ3v) is 5.17. The Balaban J connectivity index is 0.000000707. The van der Waals surface area contributed by atoms with Crippen LogP contribution in [0.3, 0.4) is 0 Å². The average Bonchev–Trinajstić information content (AvgIpc) is 3.10. The van der Waals surface area contributed by atoms with Gasteiger partial charge in [-0.25, -0.2) is 0 Å². The first-order valence-corrected chi connectivity index (χ1v) is 10.8. The van der Waals surface area contributed by atoms with Gasteiger partial charge in [-0.15, -0.1) is 0 Å². The van der Waals surface area contributed by atoms with E-state index in [1.165, 1.54) is 27.7 Å². The van der Waals surface area contributed by atoms with Crippen molar-refractivity contribution in [1.29, 1.82) is 0 Å². The van der Waals surface area contributed by atoms with Crippen LogP contribution in [0.1, 0.15) is 45.4 Å². The van der Waals surface area contributed by atoms with Crippen molar-refractivity contribution in [3.63, 3.8) is 0 Å². The molecule has 1 aliphatic heterocycles. The van der Waals surface area contributed by atoms with Gasteiger partial charge < -0.3 is 19.9 Å². The fourth-order valence-electron chi connectivity index (χ4n) is 3.97. The van der Waals surface area contributed by atoms with Gasteiger partial charge in [-0.3, -0.25) is 4.79 Å². The van der Waals surface area contributed by atoms with E-state index in [0.717, 1.165) is 44.5 Å². The van der Waals surface area contributed by atoms with Gasteiger partial charge in [-0.05, 0) is 48.6 Å². The van der Waals surface area contributed by atoms with E-state index in [1.54, 1.807) is 7.11 Å². The Bertz CT molecular complexity index is 865. The number of hydrogen-bond donors (Lipinski definition) is 2. The molecule has 2 heterocycles. The minimum Gasteiger partial charge on any atom is -0.497 e. The van der Waals surface area contributed by atoms with Crippen molar-refractivity contribution in [3.8, 4) is 5.75 Å². The average molecular weight is 398 g/mol. The van der Waals surface area contributed by atoms with Crippen LogP contribution in [0.2, 0.25) is 0 Å². The molecule has 0 radical (unpaired) electrons.